The second kappa shape index (κ2) is 6.83. The van der Waals surface area contributed by atoms with Crippen molar-refractivity contribution < 1.29 is 13.9 Å². The van der Waals surface area contributed by atoms with Crippen molar-refractivity contribution in [1.82, 2.24) is 5.32 Å². The lowest BCUT2D eigenvalue weighted by atomic mass is 10.1. The number of hydrogen-bond acceptors (Lipinski definition) is 4. The highest BCUT2D eigenvalue weighted by Crippen LogP contribution is 2.26. The first-order valence-electron chi connectivity index (χ1n) is 7.09. The molecular weight excluding hydrogens is 315 g/mol. The highest BCUT2D eigenvalue weighted by molar-refractivity contribution is 8.15. The number of carbonyl (C=O) groups is 1. The first-order valence-corrected chi connectivity index (χ1v) is 7.97. The van der Waals surface area contributed by atoms with Crippen molar-refractivity contribution in [1.29, 1.82) is 0 Å². The lowest BCUT2D eigenvalue weighted by Crippen LogP contribution is -2.25. The molecule has 1 fully saturated rings. The Labute approximate surface area is 137 Å². The molecule has 3 rings (SSSR count). The quantitative estimate of drug-likeness (QED) is 0.936. The van der Waals surface area contributed by atoms with Crippen LogP contribution in [0, 0.1) is 5.82 Å². The van der Waals surface area contributed by atoms with Crippen molar-refractivity contribution in [2.75, 3.05) is 7.11 Å². The van der Waals surface area contributed by atoms with Gasteiger partial charge in [-0.25, -0.2) is 9.38 Å². The molecule has 1 saturated heterocycles. The van der Waals surface area contributed by atoms with E-state index in [9.17, 15) is 9.18 Å². The van der Waals surface area contributed by atoms with Gasteiger partial charge in [-0.05, 0) is 48.4 Å². The first kappa shape index (κ1) is 15.6. The van der Waals surface area contributed by atoms with Gasteiger partial charge < -0.3 is 10.1 Å². The Balaban J connectivity index is 1.68. The number of carbonyl (C=O) groups excluding carboxylic acids is 1. The number of amidine groups is 1. The van der Waals surface area contributed by atoms with Gasteiger partial charge in [0.2, 0.25) is 5.91 Å². The number of halogens is 1. The summed E-state index contributed by atoms with van der Waals surface area (Å²) in [6.07, 6.45) is 0.614. The first-order chi connectivity index (χ1) is 11.1. The maximum absolute atomic E-state index is 12.9. The van der Waals surface area contributed by atoms with Gasteiger partial charge in [0.25, 0.3) is 0 Å². The van der Waals surface area contributed by atoms with Crippen LogP contribution in [-0.4, -0.2) is 23.4 Å². The molecular formula is C17H15FN2O2S. The Morgan fingerprint density at radius 1 is 1.17 bits per heavy atom. The average molecular weight is 330 g/mol. The van der Waals surface area contributed by atoms with Gasteiger partial charge in [0, 0.05) is 0 Å². The van der Waals surface area contributed by atoms with Gasteiger partial charge in [-0.2, -0.15) is 0 Å². The summed E-state index contributed by atoms with van der Waals surface area (Å²) in [6, 6.07) is 13.5. The maximum atomic E-state index is 12.9. The molecule has 2 aromatic carbocycles. The van der Waals surface area contributed by atoms with Crippen LogP contribution in [0.3, 0.4) is 0 Å². The van der Waals surface area contributed by atoms with Gasteiger partial charge in [0.1, 0.15) is 11.6 Å². The van der Waals surface area contributed by atoms with Crippen molar-refractivity contribution in [3.8, 4) is 5.75 Å². The number of nitrogens with one attached hydrogen (secondary N) is 1. The highest BCUT2D eigenvalue weighted by Gasteiger charge is 2.30. The Morgan fingerprint density at radius 2 is 1.87 bits per heavy atom. The molecule has 0 bridgehead atoms. The normalized spacial score (nSPS) is 19.0. The van der Waals surface area contributed by atoms with E-state index in [1.807, 2.05) is 24.3 Å². The van der Waals surface area contributed by atoms with E-state index in [2.05, 4.69) is 10.3 Å². The zero-order chi connectivity index (χ0) is 16.2. The van der Waals surface area contributed by atoms with Crippen molar-refractivity contribution in [2.24, 2.45) is 4.99 Å². The summed E-state index contributed by atoms with van der Waals surface area (Å²) in [7, 11) is 1.62. The van der Waals surface area contributed by atoms with Gasteiger partial charge in [0.05, 0.1) is 18.0 Å². The van der Waals surface area contributed by atoms with Crippen molar-refractivity contribution in [2.45, 2.75) is 11.7 Å². The van der Waals surface area contributed by atoms with Crippen molar-refractivity contribution in [3.05, 3.63) is 59.9 Å². The smallest absolute Gasteiger partial charge is 0.239 e. The zero-order valence-corrected chi connectivity index (χ0v) is 13.3. The predicted octanol–water partition coefficient (Wildman–Crippen LogP) is 3.30. The third-order valence-electron chi connectivity index (χ3n) is 3.41. The zero-order valence-electron chi connectivity index (χ0n) is 12.5. The standard InChI is InChI=1S/C17H15FN2O2S/c1-22-14-8-2-11(3-9-14)10-15-16(21)20-17(23-15)19-13-6-4-12(18)5-7-13/h2-9,15H,10H2,1H3,(H,19,20,21)/t15-/m1/s1. The van der Waals surface area contributed by atoms with Gasteiger partial charge in [-0.1, -0.05) is 23.9 Å². The number of benzene rings is 2. The topological polar surface area (TPSA) is 50.7 Å². The van der Waals surface area contributed by atoms with Crippen LogP contribution in [-0.2, 0) is 11.2 Å². The number of ether oxygens (including phenoxy) is 1. The molecule has 1 aliphatic rings. The molecule has 1 heterocycles. The minimum Gasteiger partial charge on any atom is -0.497 e. The average Bonchev–Trinajstić information content (AvgIpc) is 2.90. The number of thioether (sulfide) groups is 1. The second-order valence-electron chi connectivity index (χ2n) is 5.04. The Kier molecular flexibility index (Phi) is 4.62. The minimum atomic E-state index is -0.311. The Bertz CT molecular complexity index is 729. The summed E-state index contributed by atoms with van der Waals surface area (Å²) in [6.45, 7) is 0. The molecule has 0 saturated carbocycles. The number of rotatable bonds is 4. The van der Waals surface area contributed by atoms with Crippen LogP contribution in [0.2, 0.25) is 0 Å². The fourth-order valence-electron chi connectivity index (χ4n) is 2.20. The summed E-state index contributed by atoms with van der Waals surface area (Å²) in [5.41, 5.74) is 1.67. The monoisotopic (exact) mass is 330 g/mol. The SMILES string of the molecule is COc1ccc(C[C@H]2SC(=Nc3ccc(F)cc3)NC2=O)cc1. The molecule has 4 nitrogen and oxygen atoms in total. The fraction of sp³-hybridized carbons (Fsp3) is 0.176. The van der Waals surface area contributed by atoms with Crippen LogP contribution < -0.4 is 10.1 Å². The van der Waals surface area contributed by atoms with Crippen LogP contribution in [0.5, 0.6) is 5.75 Å². The molecule has 0 aliphatic carbocycles. The number of nitrogens with zero attached hydrogens (tertiary/aromatic N) is 1. The highest BCUT2D eigenvalue weighted by atomic mass is 32.2. The van der Waals surface area contributed by atoms with E-state index < -0.39 is 0 Å². The maximum Gasteiger partial charge on any atom is 0.239 e. The number of aliphatic imine (C=N–C) groups is 1. The van der Waals surface area contributed by atoms with Crippen molar-refractivity contribution in [3.63, 3.8) is 0 Å². The van der Waals surface area contributed by atoms with E-state index in [4.69, 9.17) is 4.74 Å². The summed E-state index contributed by atoms with van der Waals surface area (Å²) < 4.78 is 18.0. The molecule has 1 atom stereocenters. The number of hydrogen-bond donors (Lipinski definition) is 1. The molecule has 0 aromatic heterocycles. The van der Waals surface area contributed by atoms with Crippen LogP contribution in [0.1, 0.15) is 5.56 Å². The summed E-state index contributed by atoms with van der Waals surface area (Å²) >= 11 is 1.39. The van der Waals surface area contributed by atoms with Crippen LogP contribution in [0.15, 0.2) is 53.5 Å². The molecule has 118 valence electrons. The number of methoxy groups -OCH3 is 1. The van der Waals surface area contributed by atoms with E-state index in [-0.39, 0.29) is 17.0 Å². The molecule has 0 radical (unpaired) electrons. The van der Waals surface area contributed by atoms with E-state index >= 15 is 0 Å². The lowest BCUT2D eigenvalue weighted by molar-refractivity contribution is -0.118. The summed E-state index contributed by atoms with van der Waals surface area (Å²) in [5, 5.41) is 3.09. The third-order valence-corrected chi connectivity index (χ3v) is 4.50. The molecule has 1 N–H and O–H groups in total. The lowest BCUT2D eigenvalue weighted by Gasteiger charge is -2.06. The summed E-state index contributed by atoms with van der Waals surface area (Å²) in [4.78, 5) is 16.4. The number of amides is 1. The van der Waals surface area contributed by atoms with Crippen LogP contribution in [0.4, 0.5) is 10.1 Å². The Hall–Kier alpha value is -2.34. The molecule has 6 heteroatoms. The fourth-order valence-corrected chi connectivity index (χ4v) is 3.23. The largest absolute Gasteiger partial charge is 0.497 e. The van der Waals surface area contributed by atoms with Crippen LogP contribution >= 0.6 is 11.8 Å². The minimum absolute atomic E-state index is 0.0633. The summed E-state index contributed by atoms with van der Waals surface area (Å²) in [5.74, 6) is 0.414. The van der Waals surface area contributed by atoms with Crippen molar-refractivity contribution >= 4 is 28.5 Å². The molecule has 0 spiro atoms. The van der Waals surface area contributed by atoms with Gasteiger partial charge in [-0.3, -0.25) is 4.79 Å². The van der Waals surface area contributed by atoms with Gasteiger partial charge >= 0.3 is 0 Å². The van der Waals surface area contributed by atoms with E-state index in [0.29, 0.717) is 17.3 Å². The molecule has 0 unspecified atom stereocenters. The van der Waals surface area contributed by atoms with E-state index in [1.54, 1.807) is 19.2 Å². The third kappa shape index (κ3) is 3.90. The van der Waals surface area contributed by atoms with E-state index in [0.717, 1.165) is 11.3 Å². The Morgan fingerprint density at radius 3 is 2.52 bits per heavy atom. The van der Waals surface area contributed by atoms with Crippen LogP contribution in [0.25, 0.3) is 0 Å². The second-order valence-corrected chi connectivity index (χ2v) is 6.23. The van der Waals surface area contributed by atoms with Gasteiger partial charge in [-0.15, -0.1) is 0 Å². The molecule has 2 aromatic rings. The molecule has 1 amide bonds. The molecule has 1 aliphatic heterocycles. The predicted molar refractivity (Wildman–Crippen MR) is 89.7 cm³/mol. The van der Waals surface area contributed by atoms with Gasteiger partial charge in [0.15, 0.2) is 5.17 Å². The molecule has 23 heavy (non-hydrogen) atoms. The van der Waals surface area contributed by atoms with E-state index in [1.165, 1.54) is 23.9 Å².